The lowest BCUT2D eigenvalue weighted by Crippen LogP contribution is -2.48. The van der Waals surface area contributed by atoms with Gasteiger partial charge in [-0.05, 0) is 37.6 Å². The number of hydrogen-bond donors (Lipinski definition) is 2. The van der Waals surface area contributed by atoms with Crippen LogP contribution in [0.4, 0.5) is 0 Å². The summed E-state index contributed by atoms with van der Waals surface area (Å²) in [6.45, 7) is 2.60. The quantitative estimate of drug-likeness (QED) is 0.622. The maximum atomic E-state index is 5.86. The zero-order valence-electron chi connectivity index (χ0n) is 11.9. The van der Waals surface area contributed by atoms with E-state index in [0.717, 1.165) is 31.0 Å². The number of nitrogens with zero attached hydrogens (tertiary/aromatic N) is 1. The zero-order valence-corrected chi connectivity index (χ0v) is 11.9. The highest BCUT2D eigenvalue weighted by atomic mass is 16.5. The Bertz CT molecular complexity index is 450. The molecular weight excluding hydrogens is 254 g/mol. The highest BCUT2D eigenvalue weighted by molar-refractivity contribution is 5.31. The fourth-order valence-corrected chi connectivity index (χ4v) is 2.59. The van der Waals surface area contributed by atoms with Gasteiger partial charge >= 0.3 is 0 Å². The number of morpholine rings is 1. The minimum absolute atomic E-state index is 0.0134. The smallest absolute Gasteiger partial charge is 0.120 e. The molecule has 0 radical (unpaired) electrons. The van der Waals surface area contributed by atoms with Crippen molar-refractivity contribution in [3.63, 3.8) is 0 Å². The molecule has 1 saturated heterocycles. The third-order valence-corrected chi connectivity index (χ3v) is 3.89. The van der Waals surface area contributed by atoms with Crippen LogP contribution in [0.2, 0.25) is 0 Å². The van der Waals surface area contributed by atoms with Gasteiger partial charge in [0.25, 0.3) is 0 Å². The molecule has 0 bridgehead atoms. The lowest BCUT2D eigenvalue weighted by Gasteiger charge is -2.35. The monoisotopic (exact) mass is 277 g/mol. The normalized spacial score (nSPS) is 25.4. The standard InChI is InChI=1S/C15H23N3O2/c1-18-7-8-19-14(10-18)15(17-16)11-3-2-4-13(9-11)20-12-5-6-12/h2-4,9,12,14-15,17H,5-8,10,16H2,1H3. The van der Waals surface area contributed by atoms with E-state index in [1.165, 1.54) is 12.8 Å². The Balaban J connectivity index is 1.73. The lowest BCUT2D eigenvalue weighted by atomic mass is 10.0. The van der Waals surface area contributed by atoms with Crippen molar-refractivity contribution in [2.24, 2.45) is 5.84 Å². The number of ether oxygens (including phenoxy) is 2. The van der Waals surface area contributed by atoms with Gasteiger partial charge in [-0.3, -0.25) is 11.3 Å². The van der Waals surface area contributed by atoms with Crippen molar-refractivity contribution in [1.82, 2.24) is 10.3 Å². The average Bonchev–Trinajstić information content (AvgIpc) is 3.24. The summed E-state index contributed by atoms with van der Waals surface area (Å²) in [5.41, 5.74) is 4.01. The lowest BCUT2D eigenvalue weighted by molar-refractivity contribution is -0.0393. The second kappa shape index (κ2) is 6.10. The van der Waals surface area contributed by atoms with Gasteiger partial charge in [-0.1, -0.05) is 12.1 Å². The fourth-order valence-electron chi connectivity index (χ4n) is 2.59. The van der Waals surface area contributed by atoms with Gasteiger partial charge in [0.05, 0.1) is 24.9 Å². The molecule has 2 fully saturated rings. The van der Waals surface area contributed by atoms with Gasteiger partial charge in [0.1, 0.15) is 5.75 Å². The van der Waals surface area contributed by atoms with Crippen molar-refractivity contribution in [3.8, 4) is 5.75 Å². The summed E-state index contributed by atoms with van der Waals surface area (Å²) in [6, 6.07) is 8.15. The number of nitrogens with one attached hydrogen (secondary N) is 1. The highest BCUT2D eigenvalue weighted by Gasteiger charge is 2.28. The van der Waals surface area contributed by atoms with E-state index in [1.807, 2.05) is 12.1 Å². The topological polar surface area (TPSA) is 59.8 Å². The predicted molar refractivity (Wildman–Crippen MR) is 77.4 cm³/mol. The second-order valence-corrected chi connectivity index (χ2v) is 5.71. The van der Waals surface area contributed by atoms with Gasteiger partial charge < -0.3 is 14.4 Å². The molecule has 1 aromatic carbocycles. The molecule has 1 heterocycles. The van der Waals surface area contributed by atoms with Crippen LogP contribution in [0.3, 0.4) is 0 Å². The molecule has 1 saturated carbocycles. The summed E-state index contributed by atoms with van der Waals surface area (Å²) >= 11 is 0. The molecule has 0 aromatic heterocycles. The fraction of sp³-hybridized carbons (Fsp3) is 0.600. The molecule has 110 valence electrons. The summed E-state index contributed by atoms with van der Waals surface area (Å²) in [7, 11) is 2.11. The van der Waals surface area contributed by atoms with Crippen LogP contribution in [0.1, 0.15) is 24.4 Å². The van der Waals surface area contributed by atoms with E-state index >= 15 is 0 Å². The van der Waals surface area contributed by atoms with Crippen molar-refractivity contribution in [1.29, 1.82) is 0 Å². The van der Waals surface area contributed by atoms with Crippen molar-refractivity contribution in [2.75, 3.05) is 26.7 Å². The van der Waals surface area contributed by atoms with Gasteiger partial charge in [-0.2, -0.15) is 0 Å². The van der Waals surface area contributed by atoms with Crippen LogP contribution >= 0.6 is 0 Å². The number of nitrogens with two attached hydrogens (primary N) is 1. The molecule has 0 amide bonds. The number of likely N-dealkylation sites (N-methyl/N-ethyl adjacent to an activating group) is 1. The van der Waals surface area contributed by atoms with Crippen LogP contribution in [0.25, 0.3) is 0 Å². The molecule has 1 aromatic rings. The van der Waals surface area contributed by atoms with Crippen molar-refractivity contribution >= 4 is 0 Å². The van der Waals surface area contributed by atoms with Crippen LogP contribution in [0.5, 0.6) is 5.75 Å². The Hall–Kier alpha value is -1.14. The van der Waals surface area contributed by atoms with Crippen molar-refractivity contribution in [2.45, 2.75) is 31.1 Å². The molecule has 2 unspecified atom stereocenters. The summed E-state index contributed by atoms with van der Waals surface area (Å²) in [5, 5.41) is 0. The van der Waals surface area contributed by atoms with E-state index in [9.17, 15) is 0 Å². The minimum Gasteiger partial charge on any atom is -0.490 e. The molecular formula is C15H23N3O2. The van der Waals surface area contributed by atoms with Gasteiger partial charge in [-0.25, -0.2) is 0 Å². The first kappa shape index (κ1) is 13.8. The molecule has 5 nitrogen and oxygen atoms in total. The SMILES string of the molecule is CN1CCOC(C(NN)c2cccc(OC3CC3)c2)C1. The summed E-state index contributed by atoms with van der Waals surface area (Å²) in [6.07, 6.45) is 2.81. The molecule has 20 heavy (non-hydrogen) atoms. The van der Waals surface area contributed by atoms with E-state index in [-0.39, 0.29) is 12.1 Å². The molecule has 0 spiro atoms. The van der Waals surface area contributed by atoms with Crippen molar-refractivity contribution < 1.29 is 9.47 Å². The third-order valence-electron chi connectivity index (χ3n) is 3.89. The predicted octanol–water partition coefficient (Wildman–Crippen LogP) is 1.06. The van der Waals surface area contributed by atoms with Gasteiger partial charge in [0, 0.05) is 13.1 Å². The largest absolute Gasteiger partial charge is 0.490 e. The third kappa shape index (κ3) is 3.30. The van der Waals surface area contributed by atoms with Crippen molar-refractivity contribution in [3.05, 3.63) is 29.8 Å². The first-order chi connectivity index (χ1) is 9.76. The first-order valence-electron chi connectivity index (χ1n) is 7.29. The van der Waals surface area contributed by atoms with E-state index < -0.39 is 0 Å². The van der Waals surface area contributed by atoms with E-state index in [0.29, 0.717) is 6.10 Å². The molecule has 1 aliphatic heterocycles. The number of hydrazine groups is 1. The molecule has 2 atom stereocenters. The van der Waals surface area contributed by atoms with Crippen LogP contribution in [-0.2, 0) is 4.74 Å². The number of benzene rings is 1. The molecule has 2 aliphatic rings. The number of rotatable bonds is 5. The van der Waals surface area contributed by atoms with Gasteiger partial charge in [0.15, 0.2) is 0 Å². The van der Waals surface area contributed by atoms with Gasteiger partial charge in [-0.15, -0.1) is 0 Å². The maximum Gasteiger partial charge on any atom is 0.120 e. The Labute approximate surface area is 120 Å². The average molecular weight is 277 g/mol. The summed E-state index contributed by atoms with van der Waals surface area (Å²) < 4.78 is 11.7. The first-order valence-corrected chi connectivity index (χ1v) is 7.29. The van der Waals surface area contributed by atoms with E-state index in [4.69, 9.17) is 15.3 Å². The Morgan fingerprint density at radius 2 is 2.30 bits per heavy atom. The van der Waals surface area contributed by atoms with E-state index in [1.54, 1.807) is 0 Å². The summed E-state index contributed by atoms with van der Waals surface area (Å²) in [4.78, 5) is 2.27. The molecule has 1 aliphatic carbocycles. The van der Waals surface area contributed by atoms with Gasteiger partial charge in [0.2, 0.25) is 0 Å². The Morgan fingerprint density at radius 1 is 1.45 bits per heavy atom. The summed E-state index contributed by atoms with van der Waals surface area (Å²) in [5.74, 6) is 6.68. The Kier molecular flexibility index (Phi) is 4.21. The highest BCUT2D eigenvalue weighted by Crippen LogP contribution is 2.29. The molecule has 5 heteroatoms. The van der Waals surface area contributed by atoms with Crippen LogP contribution < -0.4 is 16.0 Å². The van der Waals surface area contributed by atoms with Crippen LogP contribution in [-0.4, -0.2) is 43.9 Å². The van der Waals surface area contributed by atoms with E-state index in [2.05, 4.69) is 29.5 Å². The molecule has 3 rings (SSSR count). The minimum atomic E-state index is -0.0134. The zero-order chi connectivity index (χ0) is 13.9. The van der Waals surface area contributed by atoms with Crippen LogP contribution in [0.15, 0.2) is 24.3 Å². The Morgan fingerprint density at radius 3 is 3.00 bits per heavy atom. The molecule has 3 N–H and O–H groups in total. The maximum absolute atomic E-state index is 5.86. The number of hydrogen-bond acceptors (Lipinski definition) is 5. The second-order valence-electron chi connectivity index (χ2n) is 5.71. The van der Waals surface area contributed by atoms with Crippen LogP contribution in [0, 0.1) is 0 Å².